The third-order valence-electron chi connectivity index (χ3n) is 3.75. The van der Waals surface area contributed by atoms with Crippen molar-refractivity contribution in [3.05, 3.63) is 64.8 Å². The molecule has 0 unspecified atom stereocenters. The van der Waals surface area contributed by atoms with Gasteiger partial charge in [0.2, 0.25) is 6.79 Å². The van der Waals surface area contributed by atoms with Gasteiger partial charge < -0.3 is 9.47 Å². The lowest BCUT2D eigenvalue weighted by atomic mass is 10.1. The van der Waals surface area contributed by atoms with Crippen LogP contribution in [0.15, 0.2) is 53.6 Å². The van der Waals surface area contributed by atoms with Crippen LogP contribution in [-0.4, -0.2) is 29.1 Å². The third-order valence-corrected chi connectivity index (χ3v) is 4.08. The van der Waals surface area contributed by atoms with Gasteiger partial charge in [-0.2, -0.15) is 10.2 Å². The van der Waals surface area contributed by atoms with E-state index in [1.54, 1.807) is 18.2 Å². The summed E-state index contributed by atoms with van der Waals surface area (Å²) in [6.07, 6.45) is 1.44. The number of carbonyl (C=O) groups is 1. The maximum Gasteiger partial charge on any atom is 0.289 e. The second-order valence-corrected chi connectivity index (χ2v) is 5.87. The van der Waals surface area contributed by atoms with Crippen LogP contribution in [0.25, 0.3) is 11.3 Å². The second kappa shape index (κ2) is 6.89. The number of amides is 1. The average Bonchev–Trinajstić information content (AvgIpc) is 3.31. The van der Waals surface area contributed by atoms with Gasteiger partial charge in [-0.05, 0) is 12.1 Å². The fraction of sp³-hybridized carbons (Fsp3) is 0.0556. The molecule has 0 spiro atoms. The molecule has 0 saturated carbocycles. The van der Waals surface area contributed by atoms with Crippen LogP contribution in [0.4, 0.5) is 0 Å². The summed E-state index contributed by atoms with van der Waals surface area (Å²) in [7, 11) is 0. The van der Waals surface area contributed by atoms with Crippen molar-refractivity contribution < 1.29 is 14.3 Å². The van der Waals surface area contributed by atoms with E-state index in [2.05, 4.69) is 20.7 Å². The zero-order chi connectivity index (χ0) is 17.9. The summed E-state index contributed by atoms with van der Waals surface area (Å²) >= 11 is 6.16. The van der Waals surface area contributed by atoms with Gasteiger partial charge in [-0.1, -0.05) is 41.9 Å². The first-order valence-corrected chi connectivity index (χ1v) is 8.12. The number of carbonyl (C=O) groups excluding carboxylic acids is 1. The van der Waals surface area contributed by atoms with Crippen LogP contribution >= 0.6 is 11.6 Å². The molecule has 7 nitrogen and oxygen atoms in total. The van der Waals surface area contributed by atoms with Crippen molar-refractivity contribution in [1.82, 2.24) is 15.6 Å². The minimum atomic E-state index is -0.409. The number of hydrogen-bond acceptors (Lipinski definition) is 5. The molecule has 1 aliphatic heterocycles. The quantitative estimate of drug-likeness (QED) is 0.546. The molecule has 26 heavy (non-hydrogen) atoms. The first-order valence-electron chi connectivity index (χ1n) is 7.74. The molecule has 1 amide bonds. The smallest absolute Gasteiger partial charge is 0.289 e. The summed E-state index contributed by atoms with van der Waals surface area (Å²) in [6, 6.07) is 14.6. The van der Waals surface area contributed by atoms with Crippen LogP contribution in [0.3, 0.4) is 0 Å². The number of H-pyrrole nitrogens is 1. The van der Waals surface area contributed by atoms with E-state index in [1.807, 2.05) is 30.3 Å². The Morgan fingerprint density at radius 3 is 2.77 bits per heavy atom. The number of nitrogens with one attached hydrogen (secondary N) is 2. The number of nitrogens with zero attached hydrogens (tertiary/aromatic N) is 2. The number of rotatable bonds is 4. The standard InChI is InChI=1S/C18H13ClN4O3/c19-13-7-17-16(25-10-26-17)6-12(13)9-20-23-18(24)15-8-14(21-22-15)11-4-2-1-3-5-11/h1-9H,10H2,(H,21,22)(H,23,24). The number of halogens is 1. The van der Waals surface area contributed by atoms with Gasteiger partial charge in [-0.3, -0.25) is 9.89 Å². The van der Waals surface area contributed by atoms with Crippen molar-refractivity contribution in [2.24, 2.45) is 5.10 Å². The number of fused-ring (bicyclic) bond motifs is 1. The molecule has 4 rings (SSSR count). The molecule has 2 aromatic carbocycles. The van der Waals surface area contributed by atoms with Crippen molar-refractivity contribution >= 4 is 23.7 Å². The third kappa shape index (κ3) is 3.25. The Labute approximate surface area is 153 Å². The lowest BCUT2D eigenvalue weighted by Gasteiger charge is -2.01. The molecule has 2 heterocycles. The molecule has 1 aromatic heterocycles. The summed E-state index contributed by atoms with van der Waals surface area (Å²) < 4.78 is 10.5. The predicted molar refractivity (Wildman–Crippen MR) is 96.7 cm³/mol. The molecule has 3 aromatic rings. The molecule has 0 radical (unpaired) electrons. The van der Waals surface area contributed by atoms with E-state index < -0.39 is 5.91 Å². The monoisotopic (exact) mass is 368 g/mol. The topological polar surface area (TPSA) is 88.6 Å². The van der Waals surface area contributed by atoms with Gasteiger partial charge in [0.15, 0.2) is 11.5 Å². The second-order valence-electron chi connectivity index (χ2n) is 5.46. The van der Waals surface area contributed by atoms with E-state index in [0.29, 0.717) is 33.5 Å². The Balaban J connectivity index is 1.45. The van der Waals surface area contributed by atoms with Gasteiger partial charge in [0.05, 0.1) is 16.9 Å². The Morgan fingerprint density at radius 2 is 1.96 bits per heavy atom. The highest BCUT2D eigenvalue weighted by atomic mass is 35.5. The van der Waals surface area contributed by atoms with Crippen molar-refractivity contribution in [2.45, 2.75) is 0 Å². The minimum Gasteiger partial charge on any atom is -0.454 e. The van der Waals surface area contributed by atoms with Gasteiger partial charge in [0.1, 0.15) is 5.69 Å². The fourth-order valence-electron chi connectivity index (χ4n) is 2.45. The van der Waals surface area contributed by atoms with E-state index >= 15 is 0 Å². The van der Waals surface area contributed by atoms with Gasteiger partial charge in [0.25, 0.3) is 5.91 Å². The molecular weight excluding hydrogens is 356 g/mol. The highest BCUT2D eigenvalue weighted by molar-refractivity contribution is 6.33. The van der Waals surface area contributed by atoms with Crippen LogP contribution in [0, 0.1) is 0 Å². The van der Waals surface area contributed by atoms with Crippen LogP contribution < -0.4 is 14.9 Å². The maximum atomic E-state index is 12.2. The largest absolute Gasteiger partial charge is 0.454 e. The number of hydrogen-bond donors (Lipinski definition) is 2. The van der Waals surface area contributed by atoms with Crippen molar-refractivity contribution in [3.8, 4) is 22.8 Å². The molecule has 2 N–H and O–H groups in total. The maximum absolute atomic E-state index is 12.2. The van der Waals surface area contributed by atoms with Gasteiger partial charge in [-0.15, -0.1) is 0 Å². The Morgan fingerprint density at radius 1 is 1.19 bits per heavy atom. The summed E-state index contributed by atoms with van der Waals surface area (Å²) in [5.74, 6) is 0.762. The van der Waals surface area contributed by atoms with E-state index in [-0.39, 0.29) is 6.79 Å². The molecule has 1 aliphatic rings. The minimum absolute atomic E-state index is 0.159. The Kier molecular flexibility index (Phi) is 4.28. The average molecular weight is 369 g/mol. The van der Waals surface area contributed by atoms with Crippen LogP contribution in [0.2, 0.25) is 5.02 Å². The Bertz CT molecular complexity index is 985. The predicted octanol–water partition coefficient (Wildman–Crippen LogP) is 3.22. The van der Waals surface area contributed by atoms with E-state index in [1.165, 1.54) is 6.21 Å². The molecule has 0 fully saturated rings. The van der Waals surface area contributed by atoms with Gasteiger partial charge >= 0.3 is 0 Å². The van der Waals surface area contributed by atoms with Crippen LogP contribution in [0.1, 0.15) is 16.1 Å². The number of aromatic amines is 1. The zero-order valence-electron chi connectivity index (χ0n) is 13.4. The fourth-order valence-corrected chi connectivity index (χ4v) is 2.65. The number of ether oxygens (including phenoxy) is 2. The van der Waals surface area contributed by atoms with E-state index in [4.69, 9.17) is 21.1 Å². The highest BCUT2D eigenvalue weighted by Crippen LogP contribution is 2.36. The molecule has 8 heteroatoms. The summed E-state index contributed by atoms with van der Waals surface area (Å²) in [4.78, 5) is 12.2. The molecule has 0 bridgehead atoms. The first-order chi connectivity index (χ1) is 12.7. The molecular formula is C18H13ClN4O3. The van der Waals surface area contributed by atoms with Crippen molar-refractivity contribution in [3.63, 3.8) is 0 Å². The van der Waals surface area contributed by atoms with E-state index in [0.717, 1.165) is 5.56 Å². The zero-order valence-corrected chi connectivity index (χ0v) is 14.2. The van der Waals surface area contributed by atoms with Crippen LogP contribution in [0.5, 0.6) is 11.5 Å². The van der Waals surface area contributed by atoms with Gasteiger partial charge in [0, 0.05) is 17.2 Å². The summed E-state index contributed by atoms with van der Waals surface area (Å²) in [6.45, 7) is 0.159. The molecule has 0 atom stereocenters. The number of hydrazone groups is 1. The summed E-state index contributed by atoms with van der Waals surface area (Å²) in [5.41, 5.74) is 4.94. The van der Waals surface area contributed by atoms with Crippen LogP contribution in [-0.2, 0) is 0 Å². The molecule has 0 saturated heterocycles. The molecule has 130 valence electrons. The number of aromatic nitrogens is 2. The lowest BCUT2D eigenvalue weighted by molar-refractivity contribution is 0.0950. The highest BCUT2D eigenvalue weighted by Gasteiger charge is 2.16. The van der Waals surface area contributed by atoms with Crippen molar-refractivity contribution in [2.75, 3.05) is 6.79 Å². The van der Waals surface area contributed by atoms with E-state index in [9.17, 15) is 4.79 Å². The first kappa shape index (κ1) is 16.2. The Hall–Kier alpha value is -3.32. The normalized spacial score (nSPS) is 12.5. The molecule has 0 aliphatic carbocycles. The van der Waals surface area contributed by atoms with Crippen molar-refractivity contribution in [1.29, 1.82) is 0 Å². The SMILES string of the molecule is O=C(NN=Cc1cc2c(cc1Cl)OCO2)c1cc(-c2ccccc2)n[nH]1. The van der Waals surface area contributed by atoms with Gasteiger partial charge in [-0.25, -0.2) is 5.43 Å². The lowest BCUT2D eigenvalue weighted by Crippen LogP contribution is -2.18. The summed E-state index contributed by atoms with van der Waals surface area (Å²) in [5, 5.41) is 11.2. The number of benzene rings is 2.